The number of ether oxygens (including phenoxy) is 1. The molecule has 2 rings (SSSR count). The summed E-state index contributed by atoms with van der Waals surface area (Å²) < 4.78 is 5.10. The van der Waals surface area contributed by atoms with Crippen molar-refractivity contribution in [2.75, 3.05) is 13.2 Å². The van der Waals surface area contributed by atoms with E-state index in [0.29, 0.717) is 0 Å². The van der Waals surface area contributed by atoms with E-state index < -0.39 is 12.4 Å². The van der Waals surface area contributed by atoms with Gasteiger partial charge in [0.05, 0.1) is 0 Å². The number of Topliss-reactive ketones (excluding diaryl/α,β-unsaturated/α-hetero) is 2. The first-order valence-electron chi connectivity index (χ1n) is 5.55. The van der Waals surface area contributed by atoms with E-state index in [1.165, 1.54) is 12.1 Å². The van der Waals surface area contributed by atoms with Gasteiger partial charge in [0.2, 0.25) is 5.78 Å². The quantitative estimate of drug-likeness (QED) is 0.361. The Bertz CT molecular complexity index is 561. The van der Waals surface area contributed by atoms with Gasteiger partial charge in [0, 0.05) is 11.1 Å². The smallest absolute Gasteiger partial charge is 0.207 e. The maximum absolute atomic E-state index is 11.8. The minimum absolute atomic E-state index is 0.0818. The Morgan fingerprint density at radius 1 is 1.58 bits per heavy atom. The number of fused-ring (bicyclic) bond motifs is 1. The van der Waals surface area contributed by atoms with Crippen molar-refractivity contribution in [3.8, 4) is 11.5 Å². The van der Waals surface area contributed by atoms with Gasteiger partial charge in [-0.3, -0.25) is 14.8 Å². The van der Waals surface area contributed by atoms with Crippen molar-refractivity contribution in [1.29, 1.82) is 0 Å². The van der Waals surface area contributed by atoms with Crippen LogP contribution in [0.4, 0.5) is 0 Å². The molecule has 2 N–H and O–H groups in total. The summed E-state index contributed by atoms with van der Waals surface area (Å²) in [5, 5.41) is 18.4. The van der Waals surface area contributed by atoms with Crippen LogP contribution in [-0.2, 0) is 11.3 Å². The van der Waals surface area contributed by atoms with Crippen LogP contribution >= 0.6 is 0 Å². The number of allylic oxidation sites excluding steroid dienone is 1. The first-order valence-corrected chi connectivity index (χ1v) is 5.55. The zero-order valence-electron chi connectivity index (χ0n) is 10.0. The normalized spacial score (nSPS) is 13.0. The Labute approximate surface area is 108 Å². The number of hydrogen-bond donors (Lipinski definition) is 2. The van der Waals surface area contributed by atoms with E-state index in [4.69, 9.17) is 9.99 Å². The van der Waals surface area contributed by atoms with Crippen LogP contribution in [0.2, 0.25) is 0 Å². The van der Waals surface area contributed by atoms with Gasteiger partial charge in [-0.25, -0.2) is 4.89 Å². The van der Waals surface area contributed by atoms with Crippen molar-refractivity contribution in [3.05, 3.63) is 35.4 Å². The molecule has 0 spiro atoms. The molecule has 0 amide bonds. The topological polar surface area (TPSA) is 93.1 Å². The SMILES string of the molecule is C=CCc1c(C(=O)COO)cc2c(c1O)C(=O)CO2. The number of ketones is 2. The summed E-state index contributed by atoms with van der Waals surface area (Å²) in [6.07, 6.45) is 1.71. The molecule has 1 aromatic rings. The molecule has 0 radical (unpaired) electrons. The predicted molar refractivity (Wildman–Crippen MR) is 64.7 cm³/mol. The van der Waals surface area contributed by atoms with Crippen molar-refractivity contribution >= 4 is 11.6 Å². The summed E-state index contributed by atoms with van der Waals surface area (Å²) in [7, 11) is 0. The van der Waals surface area contributed by atoms with E-state index in [1.54, 1.807) is 0 Å². The van der Waals surface area contributed by atoms with E-state index in [9.17, 15) is 14.7 Å². The van der Waals surface area contributed by atoms with Gasteiger partial charge in [-0.2, -0.15) is 0 Å². The highest BCUT2D eigenvalue weighted by atomic mass is 17.1. The lowest BCUT2D eigenvalue weighted by atomic mass is 9.95. The third-order valence-electron chi connectivity index (χ3n) is 2.85. The Kier molecular flexibility index (Phi) is 3.64. The molecule has 0 aliphatic carbocycles. The number of rotatable bonds is 5. The fraction of sp³-hybridized carbons (Fsp3) is 0.231. The van der Waals surface area contributed by atoms with Crippen LogP contribution < -0.4 is 4.74 Å². The highest BCUT2D eigenvalue weighted by Gasteiger charge is 2.30. The molecule has 0 unspecified atom stereocenters. The summed E-state index contributed by atoms with van der Waals surface area (Å²) in [4.78, 5) is 27.2. The maximum atomic E-state index is 11.8. The van der Waals surface area contributed by atoms with Crippen molar-refractivity contribution in [2.45, 2.75) is 6.42 Å². The molecule has 0 fully saturated rings. The molecule has 1 aromatic carbocycles. The first kappa shape index (κ1) is 13.3. The molecule has 0 saturated heterocycles. The van der Waals surface area contributed by atoms with Crippen LogP contribution in [0.25, 0.3) is 0 Å². The predicted octanol–water partition coefficient (Wildman–Crippen LogP) is 1.37. The molecule has 6 heteroatoms. The fourth-order valence-electron chi connectivity index (χ4n) is 2.02. The van der Waals surface area contributed by atoms with Gasteiger partial charge in [-0.05, 0) is 12.5 Å². The number of aromatic hydroxyl groups is 1. The number of carbonyl (C=O) groups is 2. The van der Waals surface area contributed by atoms with Gasteiger partial charge < -0.3 is 9.84 Å². The van der Waals surface area contributed by atoms with Crippen LogP contribution in [0.1, 0.15) is 26.3 Å². The van der Waals surface area contributed by atoms with E-state index >= 15 is 0 Å². The summed E-state index contributed by atoms with van der Waals surface area (Å²) in [6, 6.07) is 1.38. The van der Waals surface area contributed by atoms with Crippen LogP contribution in [0.15, 0.2) is 18.7 Å². The molecule has 1 aliphatic rings. The molecule has 6 nitrogen and oxygen atoms in total. The van der Waals surface area contributed by atoms with Crippen molar-refractivity contribution in [1.82, 2.24) is 0 Å². The number of benzene rings is 1. The standard InChI is InChI=1S/C13H12O6/c1-2-3-7-8(9(14)6-19-17)4-11-12(13(7)16)10(15)5-18-11/h2,4,16-17H,1,3,5-6H2. The van der Waals surface area contributed by atoms with Crippen LogP contribution in [0, 0.1) is 0 Å². The lowest BCUT2D eigenvalue weighted by Crippen LogP contribution is -2.11. The summed E-state index contributed by atoms with van der Waals surface area (Å²) in [5.74, 6) is -0.978. The van der Waals surface area contributed by atoms with Crippen LogP contribution in [0.5, 0.6) is 11.5 Å². The monoisotopic (exact) mass is 264 g/mol. The molecule has 0 saturated carbocycles. The van der Waals surface area contributed by atoms with Crippen molar-refractivity contribution < 1.29 is 29.6 Å². The largest absolute Gasteiger partial charge is 0.507 e. The molecule has 0 atom stereocenters. The maximum Gasteiger partial charge on any atom is 0.207 e. The zero-order chi connectivity index (χ0) is 14.0. The second-order valence-corrected chi connectivity index (χ2v) is 4.03. The second kappa shape index (κ2) is 5.21. The highest BCUT2D eigenvalue weighted by molar-refractivity contribution is 6.08. The Hall–Kier alpha value is -2.18. The highest BCUT2D eigenvalue weighted by Crippen LogP contribution is 2.38. The van der Waals surface area contributed by atoms with Gasteiger partial charge in [-0.1, -0.05) is 6.08 Å². The van der Waals surface area contributed by atoms with E-state index in [-0.39, 0.29) is 47.0 Å². The van der Waals surface area contributed by atoms with E-state index in [1.807, 2.05) is 0 Å². The third-order valence-corrected chi connectivity index (χ3v) is 2.85. The number of carbonyl (C=O) groups excluding carboxylic acids is 2. The van der Waals surface area contributed by atoms with E-state index in [0.717, 1.165) is 0 Å². The number of hydrogen-bond acceptors (Lipinski definition) is 6. The van der Waals surface area contributed by atoms with Gasteiger partial charge in [0.25, 0.3) is 0 Å². The minimum Gasteiger partial charge on any atom is -0.507 e. The van der Waals surface area contributed by atoms with Gasteiger partial charge in [0.15, 0.2) is 12.4 Å². The molecule has 0 bridgehead atoms. The summed E-state index contributed by atoms with van der Waals surface area (Å²) >= 11 is 0. The average Bonchev–Trinajstić information content (AvgIpc) is 2.75. The molecular formula is C13H12O6. The second-order valence-electron chi connectivity index (χ2n) is 4.03. The Balaban J connectivity index is 2.60. The average molecular weight is 264 g/mol. The Morgan fingerprint density at radius 3 is 2.95 bits per heavy atom. The molecule has 100 valence electrons. The number of phenols is 1. The summed E-state index contributed by atoms with van der Waals surface area (Å²) in [6.45, 7) is 2.83. The van der Waals surface area contributed by atoms with Crippen LogP contribution in [-0.4, -0.2) is 35.1 Å². The third kappa shape index (κ3) is 2.23. The molecule has 0 aromatic heterocycles. The lowest BCUT2D eigenvalue weighted by Gasteiger charge is -2.11. The van der Waals surface area contributed by atoms with Crippen molar-refractivity contribution in [3.63, 3.8) is 0 Å². The lowest BCUT2D eigenvalue weighted by molar-refractivity contribution is -0.230. The van der Waals surface area contributed by atoms with Crippen molar-refractivity contribution in [2.24, 2.45) is 0 Å². The van der Waals surface area contributed by atoms with E-state index in [2.05, 4.69) is 11.5 Å². The van der Waals surface area contributed by atoms with Gasteiger partial charge in [0.1, 0.15) is 23.7 Å². The molecule has 19 heavy (non-hydrogen) atoms. The summed E-state index contributed by atoms with van der Waals surface area (Å²) in [5.41, 5.74) is 0.493. The number of phenolic OH excluding ortho intramolecular Hbond substituents is 1. The molecular weight excluding hydrogens is 252 g/mol. The zero-order valence-corrected chi connectivity index (χ0v) is 10.0. The fourth-order valence-corrected chi connectivity index (χ4v) is 2.02. The first-order chi connectivity index (χ1) is 9.10. The molecule has 1 heterocycles. The minimum atomic E-state index is -0.545. The van der Waals surface area contributed by atoms with Gasteiger partial charge >= 0.3 is 0 Å². The van der Waals surface area contributed by atoms with Gasteiger partial charge in [-0.15, -0.1) is 6.58 Å². The Morgan fingerprint density at radius 2 is 2.32 bits per heavy atom. The molecule has 1 aliphatic heterocycles. The van der Waals surface area contributed by atoms with Crippen LogP contribution in [0.3, 0.4) is 0 Å².